The van der Waals surface area contributed by atoms with Crippen molar-refractivity contribution in [3.05, 3.63) is 57.7 Å². The van der Waals surface area contributed by atoms with Gasteiger partial charge in [-0.3, -0.25) is 4.90 Å². The van der Waals surface area contributed by atoms with E-state index in [0.29, 0.717) is 23.8 Å². The van der Waals surface area contributed by atoms with Crippen LogP contribution in [0.1, 0.15) is 25.0 Å². The summed E-state index contributed by atoms with van der Waals surface area (Å²) in [7, 11) is 0. The first-order chi connectivity index (χ1) is 15.4. The first-order valence-electron chi connectivity index (χ1n) is 10.5. The maximum Gasteiger partial charge on any atom is 0.163 e. The Hall–Kier alpha value is -2.26. The molecule has 168 valence electrons. The minimum atomic E-state index is -0.498. The molecular formula is C22H23Cl2FN6O. The molecule has 5 rings (SSSR count). The molecule has 2 aliphatic heterocycles. The van der Waals surface area contributed by atoms with E-state index >= 15 is 0 Å². The molecular weight excluding hydrogens is 454 g/mol. The van der Waals surface area contributed by atoms with Crippen LogP contribution in [0, 0.1) is 5.82 Å². The average Bonchev–Trinajstić information content (AvgIpc) is 3.20. The summed E-state index contributed by atoms with van der Waals surface area (Å²) in [6.45, 7) is 7.53. The van der Waals surface area contributed by atoms with Crippen LogP contribution < -0.4 is 4.90 Å². The molecule has 7 nitrogen and oxygen atoms in total. The molecule has 10 heteroatoms. The summed E-state index contributed by atoms with van der Waals surface area (Å²) in [4.78, 5) is 13.6. The van der Waals surface area contributed by atoms with E-state index in [4.69, 9.17) is 32.9 Å². The molecule has 1 aromatic carbocycles. The van der Waals surface area contributed by atoms with Gasteiger partial charge in [0.2, 0.25) is 0 Å². The normalized spacial score (nSPS) is 20.8. The predicted molar refractivity (Wildman–Crippen MR) is 121 cm³/mol. The Morgan fingerprint density at radius 3 is 2.62 bits per heavy atom. The highest BCUT2D eigenvalue weighted by Crippen LogP contribution is 2.35. The van der Waals surface area contributed by atoms with Crippen LogP contribution in [0.3, 0.4) is 0 Å². The number of aromatic nitrogens is 4. The van der Waals surface area contributed by atoms with Crippen LogP contribution in [0.2, 0.25) is 10.0 Å². The van der Waals surface area contributed by atoms with E-state index in [0.717, 1.165) is 42.4 Å². The van der Waals surface area contributed by atoms with Crippen molar-refractivity contribution in [3.63, 3.8) is 0 Å². The van der Waals surface area contributed by atoms with Gasteiger partial charge in [-0.15, -0.1) is 0 Å². The number of anilines is 1. The fourth-order valence-corrected chi connectivity index (χ4v) is 4.94. The Balaban J connectivity index is 1.45. The number of rotatable bonds is 4. The van der Waals surface area contributed by atoms with Crippen LogP contribution in [0.15, 0.2) is 30.7 Å². The van der Waals surface area contributed by atoms with Crippen molar-refractivity contribution in [2.24, 2.45) is 0 Å². The molecule has 3 aromatic rings. The zero-order valence-corrected chi connectivity index (χ0v) is 19.3. The van der Waals surface area contributed by atoms with E-state index in [2.05, 4.69) is 34.9 Å². The summed E-state index contributed by atoms with van der Waals surface area (Å²) in [6, 6.07) is 4.92. The molecule has 2 aliphatic rings. The molecule has 0 bridgehead atoms. The minimum absolute atomic E-state index is 0.00544. The Morgan fingerprint density at radius 1 is 1.06 bits per heavy atom. The zero-order chi connectivity index (χ0) is 22.4. The van der Waals surface area contributed by atoms with Crippen LogP contribution in [-0.2, 0) is 24.5 Å². The molecule has 4 heterocycles. The maximum atomic E-state index is 14.1. The lowest BCUT2D eigenvalue weighted by Crippen LogP contribution is -2.44. The fraction of sp³-hybridized carbons (Fsp3) is 0.409. The van der Waals surface area contributed by atoms with E-state index in [1.807, 2.05) is 15.8 Å². The number of hydrogen-bond donors (Lipinski definition) is 0. The van der Waals surface area contributed by atoms with Gasteiger partial charge in [0, 0.05) is 37.4 Å². The van der Waals surface area contributed by atoms with Gasteiger partial charge in [0.15, 0.2) is 5.82 Å². The Labute approximate surface area is 195 Å². The molecule has 0 N–H and O–H groups in total. The smallest absolute Gasteiger partial charge is 0.163 e. The van der Waals surface area contributed by atoms with E-state index < -0.39 is 5.82 Å². The number of hydrogen-bond acceptors (Lipinski definition) is 6. The van der Waals surface area contributed by atoms with Crippen LogP contribution in [0.25, 0.3) is 11.4 Å². The maximum absolute atomic E-state index is 14.1. The second-order valence-electron chi connectivity index (χ2n) is 8.45. The SMILES string of the molecule is C[C@@H]1CN(Cc2cnc3c(c2)-c2ncnn2CN3Cc2cc(F)c(Cl)cc2Cl)C[C@H](C)O1. The van der Waals surface area contributed by atoms with Crippen molar-refractivity contribution >= 4 is 29.0 Å². The lowest BCUT2D eigenvalue weighted by Gasteiger charge is -2.35. The summed E-state index contributed by atoms with van der Waals surface area (Å²) < 4.78 is 21.7. The molecule has 0 radical (unpaired) electrons. The second-order valence-corrected chi connectivity index (χ2v) is 9.26. The van der Waals surface area contributed by atoms with Gasteiger partial charge < -0.3 is 9.64 Å². The minimum Gasteiger partial charge on any atom is -0.373 e. The van der Waals surface area contributed by atoms with Crippen molar-refractivity contribution in [2.45, 2.75) is 45.8 Å². The van der Waals surface area contributed by atoms with Crippen molar-refractivity contribution < 1.29 is 9.13 Å². The Bertz CT molecular complexity index is 1150. The topological polar surface area (TPSA) is 59.3 Å². The quantitative estimate of drug-likeness (QED) is 0.521. The third kappa shape index (κ3) is 4.20. The molecule has 2 aromatic heterocycles. The van der Waals surface area contributed by atoms with Crippen LogP contribution in [0.4, 0.5) is 10.2 Å². The molecule has 1 saturated heterocycles. The predicted octanol–water partition coefficient (Wildman–Crippen LogP) is 4.37. The second kappa shape index (κ2) is 8.59. The van der Waals surface area contributed by atoms with Gasteiger partial charge in [-0.05, 0) is 43.2 Å². The van der Waals surface area contributed by atoms with Gasteiger partial charge in [-0.2, -0.15) is 5.10 Å². The van der Waals surface area contributed by atoms with Gasteiger partial charge in [0.1, 0.15) is 24.6 Å². The Morgan fingerprint density at radius 2 is 1.84 bits per heavy atom. The van der Waals surface area contributed by atoms with Gasteiger partial charge in [0.05, 0.1) is 22.8 Å². The summed E-state index contributed by atoms with van der Waals surface area (Å²) in [6.07, 6.45) is 3.84. The third-order valence-electron chi connectivity index (χ3n) is 5.74. The molecule has 0 unspecified atom stereocenters. The fourth-order valence-electron chi connectivity index (χ4n) is 4.50. The zero-order valence-electron chi connectivity index (χ0n) is 17.8. The van der Waals surface area contributed by atoms with E-state index in [-0.39, 0.29) is 17.2 Å². The molecule has 32 heavy (non-hydrogen) atoms. The average molecular weight is 477 g/mol. The van der Waals surface area contributed by atoms with E-state index in [9.17, 15) is 4.39 Å². The standard InChI is InChI=1S/C22H23Cl2FN6O/c1-13-7-29(8-14(2)32-13)9-15-3-17-21(26-6-15)30(12-31-22(17)27-11-28-31)10-16-4-20(25)19(24)5-18(16)23/h3-6,11,13-14H,7-10,12H2,1-2H3/t13-,14+. The number of pyridine rings is 1. The third-order valence-corrected chi connectivity index (χ3v) is 6.38. The lowest BCUT2D eigenvalue weighted by atomic mass is 10.1. The largest absolute Gasteiger partial charge is 0.373 e. The van der Waals surface area contributed by atoms with Crippen molar-refractivity contribution in [1.82, 2.24) is 24.6 Å². The highest BCUT2D eigenvalue weighted by atomic mass is 35.5. The summed E-state index contributed by atoms with van der Waals surface area (Å²) in [5, 5.41) is 4.76. The van der Waals surface area contributed by atoms with Gasteiger partial charge in [-0.25, -0.2) is 19.0 Å². The van der Waals surface area contributed by atoms with Crippen LogP contribution in [-0.4, -0.2) is 49.9 Å². The number of nitrogens with zero attached hydrogens (tertiary/aromatic N) is 6. The summed E-state index contributed by atoms with van der Waals surface area (Å²) in [5.41, 5.74) is 2.62. The van der Waals surface area contributed by atoms with Crippen molar-refractivity contribution in [1.29, 1.82) is 0 Å². The number of benzene rings is 1. The van der Waals surface area contributed by atoms with Crippen molar-refractivity contribution in [3.8, 4) is 11.4 Å². The highest BCUT2D eigenvalue weighted by molar-refractivity contribution is 6.35. The lowest BCUT2D eigenvalue weighted by molar-refractivity contribution is -0.0705. The van der Waals surface area contributed by atoms with Crippen molar-refractivity contribution in [2.75, 3.05) is 18.0 Å². The number of halogens is 3. The molecule has 2 atom stereocenters. The number of ether oxygens (including phenoxy) is 1. The summed E-state index contributed by atoms with van der Waals surface area (Å²) >= 11 is 12.2. The first kappa shape index (κ1) is 21.6. The summed E-state index contributed by atoms with van der Waals surface area (Å²) in [5.74, 6) is 1.04. The van der Waals surface area contributed by atoms with Gasteiger partial charge in [0.25, 0.3) is 0 Å². The molecule has 0 aliphatic carbocycles. The van der Waals surface area contributed by atoms with E-state index in [1.165, 1.54) is 18.5 Å². The number of morpholine rings is 1. The van der Waals surface area contributed by atoms with Gasteiger partial charge >= 0.3 is 0 Å². The molecule has 0 saturated carbocycles. The monoisotopic (exact) mass is 476 g/mol. The van der Waals surface area contributed by atoms with Gasteiger partial charge in [-0.1, -0.05) is 23.2 Å². The Kier molecular flexibility index (Phi) is 5.79. The molecule has 0 spiro atoms. The number of fused-ring (bicyclic) bond motifs is 3. The van der Waals surface area contributed by atoms with E-state index in [1.54, 1.807) is 0 Å². The molecule has 1 fully saturated rings. The molecule has 0 amide bonds. The highest BCUT2D eigenvalue weighted by Gasteiger charge is 2.27. The first-order valence-corrected chi connectivity index (χ1v) is 11.3. The van der Waals surface area contributed by atoms with Crippen LogP contribution in [0.5, 0.6) is 0 Å². The van der Waals surface area contributed by atoms with Crippen LogP contribution >= 0.6 is 23.2 Å².